The van der Waals surface area contributed by atoms with Crippen LogP contribution in [0.3, 0.4) is 0 Å². The van der Waals surface area contributed by atoms with Crippen LogP contribution in [0.5, 0.6) is 17.2 Å². The molecular weight excluding hydrogens is 412 g/mol. The molecule has 0 fully saturated rings. The van der Waals surface area contributed by atoms with Crippen LogP contribution in [0.2, 0.25) is 0 Å². The number of benzene rings is 2. The molecule has 0 aliphatic carbocycles. The van der Waals surface area contributed by atoms with Crippen molar-refractivity contribution in [3.05, 3.63) is 41.5 Å². The highest BCUT2D eigenvalue weighted by atomic mass is 16.6. The lowest BCUT2D eigenvalue weighted by atomic mass is 9.99. The quantitative estimate of drug-likeness (QED) is 0.517. The van der Waals surface area contributed by atoms with Crippen LogP contribution in [0.25, 0.3) is 11.1 Å². The molecule has 0 saturated heterocycles. The molecule has 1 aliphatic heterocycles. The standard InChI is InChI=1S/C25H30O7/c1-15(2)11-21(26)32-25(3,4)14-31-22-18(9-10-20(28-5)23(22)29-6)16-7-8-19-17(12-16)13-30-24(19)27/h7-10,12,15H,11,13-14H2,1-6H3. The van der Waals surface area contributed by atoms with Gasteiger partial charge < -0.3 is 23.7 Å². The first-order valence-electron chi connectivity index (χ1n) is 10.5. The van der Waals surface area contributed by atoms with Gasteiger partial charge in [-0.2, -0.15) is 0 Å². The molecule has 0 unspecified atom stereocenters. The van der Waals surface area contributed by atoms with Crippen molar-refractivity contribution in [2.75, 3.05) is 20.8 Å². The minimum Gasteiger partial charge on any atom is -0.493 e. The van der Waals surface area contributed by atoms with Crippen molar-refractivity contribution in [3.8, 4) is 28.4 Å². The minimum absolute atomic E-state index is 0.111. The number of esters is 2. The molecule has 3 rings (SSSR count). The molecule has 0 radical (unpaired) electrons. The van der Waals surface area contributed by atoms with E-state index >= 15 is 0 Å². The Bertz CT molecular complexity index is 1010. The summed E-state index contributed by atoms with van der Waals surface area (Å²) in [6, 6.07) is 9.16. The van der Waals surface area contributed by atoms with E-state index in [1.54, 1.807) is 33.1 Å². The second-order valence-corrected chi connectivity index (χ2v) is 8.75. The van der Waals surface area contributed by atoms with Gasteiger partial charge in [-0.25, -0.2) is 4.79 Å². The molecule has 172 valence electrons. The van der Waals surface area contributed by atoms with Gasteiger partial charge in [0.25, 0.3) is 0 Å². The van der Waals surface area contributed by atoms with Crippen molar-refractivity contribution < 1.29 is 33.3 Å². The van der Waals surface area contributed by atoms with E-state index in [2.05, 4.69) is 0 Å². The number of methoxy groups -OCH3 is 2. The molecule has 1 aliphatic rings. The first-order valence-corrected chi connectivity index (χ1v) is 10.5. The Morgan fingerprint density at radius 1 is 1.06 bits per heavy atom. The number of cyclic esters (lactones) is 1. The molecule has 0 saturated carbocycles. The smallest absolute Gasteiger partial charge is 0.338 e. The van der Waals surface area contributed by atoms with Crippen LogP contribution in [-0.2, 0) is 20.9 Å². The highest BCUT2D eigenvalue weighted by molar-refractivity contribution is 5.94. The molecular formula is C25H30O7. The summed E-state index contributed by atoms with van der Waals surface area (Å²) in [4.78, 5) is 24.0. The highest BCUT2D eigenvalue weighted by Gasteiger charge is 2.28. The van der Waals surface area contributed by atoms with Crippen LogP contribution >= 0.6 is 0 Å². The van der Waals surface area contributed by atoms with Crippen LogP contribution in [-0.4, -0.2) is 38.4 Å². The summed E-state index contributed by atoms with van der Waals surface area (Å²) >= 11 is 0. The molecule has 1 heterocycles. The number of fused-ring (bicyclic) bond motifs is 1. The molecule has 0 N–H and O–H groups in total. The first-order chi connectivity index (χ1) is 15.1. The van der Waals surface area contributed by atoms with Crippen LogP contribution in [0, 0.1) is 5.92 Å². The molecule has 0 aromatic heterocycles. The predicted octanol–water partition coefficient (Wildman–Crippen LogP) is 4.79. The van der Waals surface area contributed by atoms with Crippen molar-refractivity contribution >= 4 is 11.9 Å². The molecule has 7 nitrogen and oxygen atoms in total. The number of hydrogen-bond acceptors (Lipinski definition) is 7. The maximum Gasteiger partial charge on any atom is 0.338 e. The van der Waals surface area contributed by atoms with Crippen molar-refractivity contribution in [2.24, 2.45) is 5.92 Å². The van der Waals surface area contributed by atoms with Gasteiger partial charge in [-0.15, -0.1) is 0 Å². The van der Waals surface area contributed by atoms with Gasteiger partial charge in [-0.1, -0.05) is 19.9 Å². The molecule has 0 bridgehead atoms. The zero-order chi connectivity index (χ0) is 23.5. The van der Waals surface area contributed by atoms with E-state index in [-0.39, 0.29) is 31.1 Å². The summed E-state index contributed by atoms with van der Waals surface area (Å²) < 4.78 is 28.0. The lowest BCUT2D eigenvalue weighted by Gasteiger charge is -2.27. The summed E-state index contributed by atoms with van der Waals surface area (Å²) in [5, 5.41) is 0. The normalized spacial score (nSPS) is 12.9. The van der Waals surface area contributed by atoms with Gasteiger partial charge in [0.1, 0.15) is 18.8 Å². The van der Waals surface area contributed by atoms with E-state index in [9.17, 15) is 9.59 Å². The number of rotatable bonds is 9. The van der Waals surface area contributed by atoms with Crippen LogP contribution in [0.1, 0.15) is 50.0 Å². The van der Waals surface area contributed by atoms with Gasteiger partial charge in [0.2, 0.25) is 5.75 Å². The molecule has 7 heteroatoms. The molecule has 0 amide bonds. The van der Waals surface area contributed by atoms with E-state index in [1.807, 2.05) is 32.0 Å². The third-order valence-corrected chi connectivity index (χ3v) is 5.02. The Kier molecular flexibility index (Phi) is 6.96. The summed E-state index contributed by atoms with van der Waals surface area (Å²) in [5.41, 5.74) is 2.13. The van der Waals surface area contributed by atoms with Gasteiger partial charge in [-0.3, -0.25) is 4.79 Å². The summed E-state index contributed by atoms with van der Waals surface area (Å²) in [6.07, 6.45) is 0.340. The van der Waals surface area contributed by atoms with E-state index in [4.69, 9.17) is 23.7 Å². The highest BCUT2D eigenvalue weighted by Crippen LogP contribution is 2.45. The van der Waals surface area contributed by atoms with E-state index in [0.29, 0.717) is 29.2 Å². The molecule has 2 aromatic rings. The van der Waals surface area contributed by atoms with Gasteiger partial charge in [0.15, 0.2) is 11.5 Å². The topological polar surface area (TPSA) is 80.3 Å². The fourth-order valence-corrected chi connectivity index (χ4v) is 3.53. The van der Waals surface area contributed by atoms with E-state index in [0.717, 1.165) is 16.7 Å². The molecule has 0 spiro atoms. The van der Waals surface area contributed by atoms with Crippen molar-refractivity contribution in [2.45, 2.75) is 46.3 Å². The minimum atomic E-state index is -0.852. The second-order valence-electron chi connectivity index (χ2n) is 8.75. The van der Waals surface area contributed by atoms with Gasteiger partial charge in [0, 0.05) is 17.5 Å². The number of carbonyl (C=O) groups excluding carboxylic acids is 2. The lowest BCUT2D eigenvalue weighted by molar-refractivity contribution is -0.160. The van der Waals surface area contributed by atoms with Gasteiger partial charge >= 0.3 is 11.9 Å². The van der Waals surface area contributed by atoms with E-state index in [1.165, 1.54) is 7.11 Å². The Hall–Kier alpha value is -3.22. The summed E-state index contributed by atoms with van der Waals surface area (Å²) in [6.45, 7) is 7.89. The monoisotopic (exact) mass is 442 g/mol. The SMILES string of the molecule is COc1ccc(-c2ccc3c(c2)COC3=O)c(OCC(C)(C)OC(=O)CC(C)C)c1OC. The number of ether oxygens (including phenoxy) is 5. The Labute approximate surface area is 188 Å². The third kappa shape index (κ3) is 5.15. The van der Waals surface area contributed by atoms with Crippen molar-refractivity contribution in [1.29, 1.82) is 0 Å². The zero-order valence-electron chi connectivity index (χ0n) is 19.4. The Balaban J connectivity index is 1.93. The molecule has 32 heavy (non-hydrogen) atoms. The average molecular weight is 443 g/mol. The average Bonchev–Trinajstić information content (AvgIpc) is 3.10. The largest absolute Gasteiger partial charge is 0.493 e. The fourth-order valence-electron chi connectivity index (χ4n) is 3.53. The van der Waals surface area contributed by atoms with Crippen LogP contribution < -0.4 is 14.2 Å². The third-order valence-electron chi connectivity index (χ3n) is 5.02. The Morgan fingerprint density at radius 2 is 1.78 bits per heavy atom. The molecule has 0 atom stereocenters. The first kappa shape index (κ1) is 23.4. The van der Waals surface area contributed by atoms with Crippen LogP contribution in [0.15, 0.2) is 30.3 Å². The van der Waals surface area contributed by atoms with E-state index < -0.39 is 5.60 Å². The van der Waals surface area contributed by atoms with Gasteiger partial charge in [0.05, 0.1) is 19.8 Å². The van der Waals surface area contributed by atoms with Crippen molar-refractivity contribution in [1.82, 2.24) is 0 Å². The van der Waals surface area contributed by atoms with Gasteiger partial charge in [-0.05, 0) is 49.6 Å². The summed E-state index contributed by atoms with van der Waals surface area (Å²) in [7, 11) is 3.09. The second kappa shape index (κ2) is 9.51. The van der Waals surface area contributed by atoms with Crippen molar-refractivity contribution in [3.63, 3.8) is 0 Å². The fraction of sp³-hybridized carbons (Fsp3) is 0.440. The maximum atomic E-state index is 12.2. The number of hydrogen-bond donors (Lipinski definition) is 0. The maximum absolute atomic E-state index is 12.2. The summed E-state index contributed by atoms with van der Waals surface area (Å²) in [5.74, 6) is 1.03. The zero-order valence-corrected chi connectivity index (χ0v) is 19.4. The Morgan fingerprint density at radius 3 is 2.44 bits per heavy atom. The predicted molar refractivity (Wildman–Crippen MR) is 119 cm³/mol. The van der Waals surface area contributed by atoms with Crippen LogP contribution in [0.4, 0.5) is 0 Å². The molecule has 2 aromatic carbocycles. The number of carbonyl (C=O) groups is 2. The lowest BCUT2D eigenvalue weighted by Crippen LogP contribution is -2.35.